The van der Waals surface area contributed by atoms with E-state index in [2.05, 4.69) is 49.4 Å². The highest BCUT2D eigenvalue weighted by molar-refractivity contribution is 5.67. The molecule has 0 spiro atoms. The number of carbonyl (C=O) groups is 1. The van der Waals surface area contributed by atoms with Crippen LogP contribution < -0.4 is 0 Å². The molecule has 0 heterocycles. The zero-order valence-corrected chi connectivity index (χ0v) is 11.8. The van der Waals surface area contributed by atoms with Gasteiger partial charge < -0.3 is 5.11 Å². The molecule has 0 aromatic heterocycles. The second kappa shape index (κ2) is 6.90. The Balaban J connectivity index is 2.01. The van der Waals surface area contributed by atoms with E-state index in [4.69, 9.17) is 5.11 Å². The lowest BCUT2D eigenvalue weighted by atomic mass is 9.96. The first kappa shape index (κ1) is 14.3. The van der Waals surface area contributed by atoms with Crippen LogP contribution in [0.2, 0.25) is 0 Å². The lowest BCUT2D eigenvalue weighted by Gasteiger charge is -2.09. The van der Waals surface area contributed by atoms with Crippen molar-refractivity contribution in [2.75, 3.05) is 0 Å². The molecule has 1 N–H and O–H groups in total. The normalized spacial score (nSPS) is 10.4. The highest BCUT2D eigenvalue weighted by Gasteiger charge is 2.03. The number of unbranched alkanes of at least 4 members (excludes halogenated alkanes) is 1. The van der Waals surface area contributed by atoms with Crippen LogP contribution in [0.4, 0.5) is 0 Å². The van der Waals surface area contributed by atoms with E-state index in [-0.39, 0.29) is 6.42 Å². The maximum Gasteiger partial charge on any atom is 0.303 e. The summed E-state index contributed by atoms with van der Waals surface area (Å²) in [6, 6.07) is 16.9. The summed E-state index contributed by atoms with van der Waals surface area (Å²) in [7, 11) is 0. The van der Waals surface area contributed by atoms with Crippen LogP contribution in [0, 0.1) is 6.92 Å². The Hall–Kier alpha value is -2.09. The second-order valence-corrected chi connectivity index (χ2v) is 5.12. The molecule has 2 rings (SSSR count). The van der Waals surface area contributed by atoms with Gasteiger partial charge in [-0.25, -0.2) is 0 Å². The van der Waals surface area contributed by atoms with Crippen molar-refractivity contribution >= 4 is 5.97 Å². The van der Waals surface area contributed by atoms with Crippen LogP contribution in [0.25, 0.3) is 11.1 Å². The van der Waals surface area contributed by atoms with Crippen LogP contribution in [-0.4, -0.2) is 11.1 Å². The molecule has 0 aliphatic rings. The number of hydrogen-bond donors (Lipinski definition) is 1. The Morgan fingerprint density at radius 3 is 2.45 bits per heavy atom. The summed E-state index contributed by atoms with van der Waals surface area (Å²) in [5, 5.41) is 8.62. The van der Waals surface area contributed by atoms with Gasteiger partial charge in [0.1, 0.15) is 0 Å². The van der Waals surface area contributed by atoms with Gasteiger partial charge in [0.2, 0.25) is 0 Å². The molecule has 0 unspecified atom stereocenters. The number of aryl methyl sites for hydroxylation is 2. The SMILES string of the molecule is Cc1cc(CCCCC(=O)O)ccc1-c1ccccc1. The molecular formula is C18H20O2. The molecule has 0 amide bonds. The highest BCUT2D eigenvalue weighted by Crippen LogP contribution is 2.24. The number of rotatable bonds is 6. The van der Waals surface area contributed by atoms with Crippen LogP contribution in [0.15, 0.2) is 48.5 Å². The third kappa shape index (κ3) is 3.95. The van der Waals surface area contributed by atoms with Crippen LogP contribution in [0.5, 0.6) is 0 Å². The predicted octanol–water partition coefficient (Wildman–Crippen LogP) is 4.46. The summed E-state index contributed by atoms with van der Waals surface area (Å²) in [4.78, 5) is 10.5. The molecule has 2 aromatic carbocycles. The molecule has 0 bridgehead atoms. The third-order valence-corrected chi connectivity index (χ3v) is 3.48. The number of benzene rings is 2. The molecule has 2 aromatic rings. The van der Waals surface area contributed by atoms with Crippen molar-refractivity contribution < 1.29 is 9.90 Å². The average molecular weight is 268 g/mol. The summed E-state index contributed by atoms with van der Waals surface area (Å²) >= 11 is 0. The molecule has 2 heteroatoms. The molecule has 0 saturated heterocycles. The monoisotopic (exact) mass is 268 g/mol. The molecule has 20 heavy (non-hydrogen) atoms. The zero-order valence-electron chi connectivity index (χ0n) is 11.8. The molecule has 0 radical (unpaired) electrons. The summed E-state index contributed by atoms with van der Waals surface area (Å²) < 4.78 is 0. The molecule has 0 aliphatic carbocycles. The van der Waals surface area contributed by atoms with Gasteiger partial charge >= 0.3 is 5.97 Å². The quantitative estimate of drug-likeness (QED) is 0.785. The van der Waals surface area contributed by atoms with Gasteiger partial charge in [-0.05, 0) is 48.4 Å². The van der Waals surface area contributed by atoms with Gasteiger partial charge in [0.05, 0.1) is 0 Å². The first-order valence-corrected chi connectivity index (χ1v) is 7.03. The first-order valence-electron chi connectivity index (χ1n) is 7.03. The minimum Gasteiger partial charge on any atom is -0.481 e. The Kier molecular flexibility index (Phi) is 4.94. The van der Waals surface area contributed by atoms with Crippen LogP contribution >= 0.6 is 0 Å². The molecular weight excluding hydrogens is 248 g/mol. The Morgan fingerprint density at radius 2 is 1.80 bits per heavy atom. The van der Waals surface area contributed by atoms with Crippen molar-refractivity contribution in [1.29, 1.82) is 0 Å². The van der Waals surface area contributed by atoms with E-state index < -0.39 is 5.97 Å². The van der Waals surface area contributed by atoms with Gasteiger partial charge in [-0.1, -0.05) is 48.5 Å². The number of carboxylic acid groups (broad SMARTS) is 1. The number of hydrogen-bond acceptors (Lipinski definition) is 1. The van der Waals surface area contributed by atoms with Crippen molar-refractivity contribution in [2.24, 2.45) is 0 Å². The van der Waals surface area contributed by atoms with Gasteiger partial charge in [0.25, 0.3) is 0 Å². The lowest BCUT2D eigenvalue weighted by Crippen LogP contribution is -1.95. The molecule has 0 aliphatic heterocycles. The maximum atomic E-state index is 10.5. The van der Waals surface area contributed by atoms with Crippen molar-refractivity contribution in [3.8, 4) is 11.1 Å². The average Bonchev–Trinajstić information content (AvgIpc) is 2.44. The van der Waals surface area contributed by atoms with E-state index in [1.54, 1.807) is 0 Å². The lowest BCUT2D eigenvalue weighted by molar-refractivity contribution is -0.137. The Bertz CT molecular complexity index is 573. The zero-order chi connectivity index (χ0) is 14.4. The van der Waals surface area contributed by atoms with Crippen molar-refractivity contribution in [1.82, 2.24) is 0 Å². The third-order valence-electron chi connectivity index (χ3n) is 3.48. The fourth-order valence-corrected chi connectivity index (χ4v) is 2.43. The van der Waals surface area contributed by atoms with E-state index in [0.29, 0.717) is 0 Å². The molecule has 104 valence electrons. The molecule has 0 fully saturated rings. The van der Waals surface area contributed by atoms with Crippen molar-refractivity contribution in [3.05, 3.63) is 59.7 Å². The van der Waals surface area contributed by atoms with Gasteiger partial charge in [-0.3, -0.25) is 4.79 Å². The van der Waals surface area contributed by atoms with E-state index in [1.165, 1.54) is 22.3 Å². The summed E-state index contributed by atoms with van der Waals surface area (Å²) in [5.41, 5.74) is 5.06. The van der Waals surface area contributed by atoms with E-state index in [1.807, 2.05) is 6.07 Å². The minimum atomic E-state index is -0.708. The number of aliphatic carboxylic acids is 1. The highest BCUT2D eigenvalue weighted by atomic mass is 16.4. The van der Waals surface area contributed by atoms with Crippen molar-refractivity contribution in [2.45, 2.75) is 32.6 Å². The summed E-state index contributed by atoms with van der Waals surface area (Å²) in [6.07, 6.45) is 2.88. The molecule has 0 atom stereocenters. The standard InChI is InChI=1S/C18H20O2/c1-14-13-15(7-5-6-10-18(19)20)11-12-17(14)16-8-3-2-4-9-16/h2-4,8-9,11-13H,5-7,10H2,1H3,(H,19,20). The summed E-state index contributed by atoms with van der Waals surface area (Å²) in [5.74, 6) is -0.708. The Morgan fingerprint density at radius 1 is 1.05 bits per heavy atom. The molecule has 2 nitrogen and oxygen atoms in total. The van der Waals surface area contributed by atoms with Gasteiger partial charge in [-0.2, -0.15) is 0 Å². The van der Waals surface area contributed by atoms with Crippen molar-refractivity contribution in [3.63, 3.8) is 0 Å². The van der Waals surface area contributed by atoms with Gasteiger partial charge in [0.15, 0.2) is 0 Å². The Labute approximate surface area is 120 Å². The molecule has 0 saturated carbocycles. The van der Waals surface area contributed by atoms with Gasteiger partial charge in [-0.15, -0.1) is 0 Å². The second-order valence-electron chi connectivity index (χ2n) is 5.12. The van der Waals surface area contributed by atoms with Crippen LogP contribution in [0.3, 0.4) is 0 Å². The minimum absolute atomic E-state index is 0.265. The van der Waals surface area contributed by atoms with Crippen LogP contribution in [-0.2, 0) is 11.2 Å². The first-order chi connectivity index (χ1) is 9.66. The maximum absolute atomic E-state index is 10.5. The fraction of sp³-hybridized carbons (Fsp3) is 0.278. The largest absolute Gasteiger partial charge is 0.481 e. The fourth-order valence-electron chi connectivity index (χ4n) is 2.43. The topological polar surface area (TPSA) is 37.3 Å². The predicted molar refractivity (Wildman–Crippen MR) is 81.8 cm³/mol. The van der Waals surface area contributed by atoms with E-state index in [9.17, 15) is 4.79 Å². The smallest absolute Gasteiger partial charge is 0.303 e. The number of carboxylic acids is 1. The van der Waals surface area contributed by atoms with Gasteiger partial charge in [0, 0.05) is 6.42 Å². The van der Waals surface area contributed by atoms with E-state index >= 15 is 0 Å². The summed E-state index contributed by atoms with van der Waals surface area (Å²) in [6.45, 7) is 2.13. The van der Waals surface area contributed by atoms with Crippen LogP contribution in [0.1, 0.15) is 30.4 Å². The van der Waals surface area contributed by atoms with E-state index in [0.717, 1.165) is 19.3 Å².